The molecule has 1 fully saturated rings. The first-order chi connectivity index (χ1) is 15.5. The molecule has 0 radical (unpaired) electrons. The smallest absolute Gasteiger partial charge is 0.254 e. The summed E-state index contributed by atoms with van der Waals surface area (Å²) < 4.78 is 5.21. The number of carbonyl (C=O) groups is 2. The average molecular weight is 452 g/mol. The van der Waals surface area contributed by atoms with Crippen molar-refractivity contribution in [2.45, 2.75) is 18.9 Å². The van der Waals surface area contributed by atoms with Crippen LogP contribution in [0.5, 0.6) is 5.75 Å². The number of hydrogen-bond donors (Lipinski definition) is 1. The minimum absolute atomic E-state index is 0.180. The highest BCUT2D eigenvalue weighted by Crippen LogP contribution is 2.29. The number of aromatic nitrogens is 2. The number of nitrogens with one attached hydrogen (secondary N) is 1. The van der Waals surface area contributed by atoms with Gasteiger partial charge in [-0.25, -0.2) is 0 Å². The quantitative estimate of drug-likeness (QED) is 0.617. The molecule has 1 atom stereocenters. The number of nitrogens with zero attached hydrogens (tertiary/aromatic N) is 4. The van der Waals surface area contributed by atoms with Crippen LogP contribution in [0.1, 0.15) is 23.2 Å². The van der Waals surface area contributed by atoms with Crippen LogP contribution in [0.3, 0.4) is 0 Å². The summed E-state index contributed by atoms with van der Waals surface area (Å²) in [7, 11) is 5.53. The molecule has 1 saturated heterocycles. The molecule has 4 rings (SSSR count). The van der Waals surface area contributed by atoms with E-state index in [9.17, 15) is 9.59 Å². The molecule has 3 aromatic rings. The number of methoxy groups -OCH3 is 1. The van der Waals surface area contributed by atoms with Gasteiger partial charge in [0.15, 0.2) is 0 Å². The number of rotatable bonds is 6. The highest BCUT2D eigenvalue weighted by Gasteiger charge is 2.35. The zero-order chi connectivity index (χ0) is 22.7. The van der Waals surface area contributed by atoms with Gasteiger partial charge in [0.2, 0.25) is 11.0 Å². The predicted octanol–water partition coefficient (Wildman–Crippen LogP) is 3.52. The Morgan fingerprint density at radius 2 is 1.94 bits per heavy atom. The average Bonchev–Trinajstić information content (AvgIpc) is 3.48. The third-order valence-electron chi connectivity index (χ3n) is 5.42. The summed E-state index contributed by atoms with van der Waals surface area (Å²) in [5, 5.41) is 12.3. The van der Waals surface area contributed by atoms with Crippen LogP contribution in [0.4, 0.5) is 10.8 Å². The minimum atomic E-state index is -0.541. The molecule has 1 unspecified atom stereocenters. The van der Waals surface area contributed by atoms with Crippen LogP contribution >= 0.6 is 11.3 Å². The summed E-state index contributed by atoms with van der Waals surface area (Å²) in [5.74, 6) is 0.181. The summed E-state index contributed by atoms with van der Waals surface area (Å²) in [6.45, 7) is 0.535. The van der Waals surface area contributed by atoms with Gasteiger partial charge >= 0.3 is 0 Å². The molecule has 166 valence electrons. The van der Waals surface area contributed by atoms with Crippen molar-refractivity contribution in [1.29, 1.82) is 0 Å². The van der Waals surface area contributed by atoms with Crippen LogP contribution in [0.15, 0.2) is 48.5 Å². The number of amides is 2. The van der Waals surface area contributed by atoms with Crippen LogP contribution in [0.25, 0.3) is 10.6 Å². The van der Waals surface area contributed by atoms with E-state index in [-0.39, 0.29) is 11.8 Å². The fourth-order valence-corrected chi connectivity index (χ4v) is 4.44. The van der Waals surface area contributed by atoms with Crippen LogP contribution < -0.4 is 15.0 Å². The lowest BCUT2D eigenvalue weighted by Crippen LogP contribution is -2.43. The summed E-state index contributed by atoms with van der Waals surface area (Å²) in [5.41, 5.74) is 2.53. The maximum absolute atomic E-state index is 13.0. The van der Waals surface area contributed by atoms with Gasteiger partial charge in [-0.05, 0) is 55.3 Å². The molecular weight excluding hydrogens is 426 g/mol. The van der Waals surface area contributed by atoms with E-state index >= 15 is 0 Å². The number of anilines is 2. The van der Waals surface area contributed by atoms with E-state index in [0.29, 0.717) is 29.4 Å². The summed E-state index contributed by atoms with van der Waals surface area (Å²) in [6.07, 6.45) is 1.38. The largest absolute Gasteiger partial charge is 0.497 e. The van der Waals surface area contributed by atoms with Gasteiger partial charge in [0.05, 0.1) is 7.11 Å². The van der Waals surface area contributed by atoms with Crippen molar-refractivity contribution >= 4 is 34.0 Å². The van der Waals surface area contributed by atoms with Gasteiger partial charge < -0.3 is 14.5 Å². The highest BCUT2D eigenvalue weighted by molar-refractivity contribution is 7.18. The van der Waals surface area contributed by atoms with Crippen molar-refractivity contribution in [3.8, 4) is 16.3 Å². The predicted molar refractivity (Wildman–Crippen MR) is 125 cm³/mol. The van der Waals surface area contributed by atoms with Crippen LogP contribution in [0, 0.1) is 0 Å². The molecule has 0 aliphatic carbocycles. The molecule has 1 aromatic heterocycles. The lowest BCUT2D eigenvalue weighted by atomic mass is 10.1. The fraction of sp³-hybridized carbons (Fsp3) is 0.304. The van der Waals surface area contributed by atoms with Gasteiger partial charge in [0.1, 0.15) is 16.8 Å². The van der Waals surface area contributed by atoms with Gasteiger partial charge in [-0.15, -0.1) is 10.2 Å². The van der Waals surface area contributed by atoms with Gasteiger partial charge in [-0.2, -0.15) is 0 Å². The van der Waals surface area contributed by atoms with Crippen molar-refractivity contribution in [2.75, 3.05) is 38.0 Å². The fourth-order valence-electron chi connectivity index (χ4n) is 3.69. The Balaban J connectivity index is 1.44. The van der Waals surface area contributed by atoms with E-state index in [0.717, 1.165) is 22.7 Å². The molecule has 1 N–H and O–H groups in total. The molecule has 2 aromatic carbocycles. The Morgan fingerprint density at radius 1 is 1.16 bits per heavy atom. The van der Waals surface area contributed by atoms with Crippen molar-refractivity contribution < 1.29 is 14.3 Å². The van der Waals surface area contributed by atoms with Crippen LogP contribution in [-0.4, -0.2) is 60.7 Å². The Labute approximate surface area is 190 Å². The molecule has 1 aliphatic heterocycles. The van der Waals surface area contributed by atoms with Crippen LogP contribution in [0.2, 0.25) is 0 Å². The second kappa shape index (κ2) is 9.35. The molecule has 9 heteroatoms. The molecule has 0 saturated carbocycles. The Morgan fingerprint density at radius 3 is 2.66 bits per heavy atom. The zero-order valence-corrected chi connectivity index (χ0v) is 19.1. The Hall–Kier alpha value is -3.46. The first-order valence-corrected chi connectivity index (χ1v) is 11.1. The van der Waals surface area contributed by atoms with Gasteiger partial charge in [-0.3, -0.25) is 14.9 Å². The normalized spacial score (nSPS) is 15.5. The zero-order valence-electron chi connectivity index (χ0n) is 18.2. The maximum Gasteiger partial charge on any atom is 0.254 e. The number of benzene rings is 2. The van der Waals surface area contributed by atoms with E-state index in [2.05, 4.69) is 15.5 Å². The minimum Gasteiger partial charge on any atom is -0.497 e. The lowest BCUT2D eigenvalue weighted by Gasteiger charge is -2.23. The number of hydrogen-bond acceptors (Lipinski definition) is 7. The second-order valence-corrected chi connectivity index (χ2v) is 8.71. The van der Waals surface area contributed by atoms with E-state index in [4.69, 9.17) is 4.74 Å². The first-order valence-electron chi connectivity index (χ1n) is 10.3. The van der Waals surface area contributed by atoms with E-state index in [1.54, 1.807) is 36.3 Å². The van der Waals surface area contributed by atoms with Crippen LogP contribution in [-0.2, 0) is 4.79 Å². The lowest BCUT2D eigenvalue weighted by molar-refractivity contribution is -0.119. The maximum atomic E-state index is 13.0. The van der Waals surface area contributed by atoms with E-state index in [1.807, 2.05) is 43.3 Å². The molecular formula is C23H25N5O3S. The second-order valence-electron chi connectivity index (χ2n) is 7.73. The first kappa shape index (κ1) is 21.8. The van der Waals surface area contributed by atoms with Gasteiger partial charge in [0.25, 0.3) is 5.91 Å². The van der Waals surface area contributed by atoms with E-state index < -0.39 is 6.04 Å². The standard InChI is InChI=1S/C23H25N5O3S/c1-27(2)17-11-9-15(10-12-17)21-25-26-23(32-21)24-20(29)19-8-5-13-28(19)22(30)16-6-4-7-18(14-16)31-3/h4,6-7,9-12,14,19H,5,8,13H2,1-3H3,(H,24,26,29). The molecule has 2 heterocycles. The molecule has 32 heavy (non-hydrogen) atoms. The number of ether oxygens (including phenoxy) is 1. The number of carbonyl (C=O) groups excluding carboxylic acids is 2. The van der Waals surface area contributed by atoms with Crippen molar-refractivity contribution in [2.24, 2.45) is 0 Å². The van der Waals surface area contributed by atoms with Gasteiger partial charge in [0, 0.05) is 37.5 Å². The monoisotopic (exact) mass is 451 g/mol. The SMILES string of the molecule is COc1cccc(C(=O)N2CCCC2C(=O)Nc2nnc(-c3ccc(N(C)C)cc3)s2)c1. The molecule has 0 bridgehead atoms. The highest BCUT2D eigenvalue weighted by atomic mass is 32.1. The number of likely N-dealkylation sites (tertiary alicyclic amines) is 1. The third kappa shape index (κ3) is 4.57. The molecule has 8 nitrogen and oxygen atoms in total. The van der Waals surface area contributed by atoms with E-state index in [1.165, 1.54) is 11.3 Å². The van der Waals surface area contributed by atoms with Gasteiger partial charge in [-0.1, -0.05) is 17.4 Å². The molecule has 2 amide bonds. The topological polar surface area (TPSA) is 87.7 Å². The van der Waals surface area contributed by atoms with Crippen molar-refractivity contribution in [3.05, 3.63) is 54.1 Å². The molecule has 0 spiro atoms. The summed E-state index contributed by atoms with van der Waals surface area (Å²) >= 11 is 1.31. The third-order valence-corrected chi connectivity index (χ3v) is 6.31. The molecule has 1 aliphatic rings. The van der Waals surface area contributed by atoms with Crippen molar-refractivity contribution in [3.63, 3.8) is 0 Å². The van der Waals surface area contributed by atoms with Crippen molar-refractivity contribution in [1.82, 2.24) is 15.1 Å². The summed E-state index contributed by atoms with van der Waals surface area (Å²) in [6, 6.07) is 14.4. The Kier molecular flexibility index (Phi) is 6.36. The summed E-state index contributed by atoms with van der Waals surface area (Å²) in [4.78, 5) is 29.6. The Bertz CT molecular complexity index is 1110.